The van der Waals surface area contributed by atoms with Gasteiger partial charge in [0.1, 0.15) is 0 Å². The first kappa shape index (κ1) is 12.4. The first-order valence-electron chi connectivity index (χ1n) is 7.69. The number of hydrogen-bond donors (Lipinski definition) is 1. The fourth-order valence-electron chi connectivity index (χ4n) is 3.39. The van der Waals surface area contributed by atoms with Crippen LogP contribution in [-0.4, -0.2) is 0 Å². The van der Waals surface area contributed by atoms with Gasteiger partial charge in [-0.1, -0.05) is 60.3 Å². The molecule has 1 heterocycles. The van der Waals surface area contributed by atoms with E-state index < -0.39 is 0 Å². The molecule has 2 heteroatoms. The van der Waals surface area contributed by atoms with Crippen molar-refractivity contribution in [2.24, 2.45) is 0 Å². The molecular weight excluding hydrogens is 286 g/mol. The smallest absolute Gasteiger partial charge is 0.0532 e. The van der Waals surface area contributed by atoms with Crippen LogP contribution in [0.4, 0.5) is 11.4 Å². The van der Waals surface area contributed by atoms with Gasteiger partial charge in [-0.3, -0.25) is 0 Å². The third kappa shape index (κ3) is 1.74. The van der Waals surface area contributed by atoms with Crippen molar-refractivity contribution >= 4 is 40.0 Å². The molecule has 0 amide bonds. The minimum Gasteiger partial charge on any atom is -0.354 e. The molecule has 2 aliphatic rings. The molecule has 22 heavy (non-hydrogen) atoms. The average molecular weight is 301 g/mol. The van der Waals surface area contributed by atoms with Gasteiger partial charge in [-0.15, -0.1) is 0 Å². The van der Waals surface area contributed by atoms with Crippen LogP contribution in [-0.2, 0) is 6.42 Å². The number of rotatable bonds is 0. The highest BCUT2D eigenvalue weighted by atomic mass is 32.2. The summed E-state index contributed by atoms with van der Waals surface area (Å²) in [4.78, 5) is 2.72. The predicted molar refractivity (Wildman–Crippen MR) is 95.2 cm³/mol. The minimum atomic E-state index is 1.15. The molecule has 0 fully saturated rings. The van der Waals surface area contributed by atoms with E-state index in [-0.39, 0.29) is 0 Å². The van der Waals surface area contributed by atoms with E-state index in [2.05, 4.69) is 66.0 Å². The Bertz CT molecular complexity index is 940. The van der Waals surface area contributed by atoms with Crippen LogP contribution in [0.25, 0.3) is 16.8 Å². The van der Waals surface area contributed by atoms with E-state index in [1.165, 1.54) is 43.1 Å². The Morgan fingerprint density at radius 2 is 1.73 bits per heavy atom. The topological polar surface area (TPSA) is 12.0 Å². The molecule has 1 nitrogen and oxygen atoms in total. The summed E-state index contributed by atoms with van der Waals surface area (Å²) in [5.74, 6) is 0. The molecule has 1 aliphatic heterocycles. The van der Waals surface area contributed by atoms with E-state index in [0.29, 0.717) is 0 Å². The highest BCUT2D eigenvalue weighted by Gasteiger charge is 2.22. The molecule has 1 N–H and O–H groups in total. The number of fused-ring (bicyclic) bond motifs is 6. The van der Waals surface area contributed by atoms with Crippen LogP contribution >= 0.6 is 11.8 Å². The maximum Gasteiger partial charge on any atom is 0.0532 e. The van der Waals surface area contributed by atoms with Crippen molar-refractivity contribution in [3.05, 3.63) is 65.7 Å². The molecule has 0 unspecified atom stereocenters. The van der Waals surface area contributed by atoms with Crippen LogP contribution in [0.1, 0.15) is 17.5 Å². The lowest BCUT2D eigenvalue weighted by Crippen LogP contribution is -2.05. The number of allylic oxidation sites excluding steroid dienone is 1. The fourth-order valence-corrected chi connectivity index (χ4v) is 4.66. The Labute approximate surface area is 134 Å². The third-order valence-electron chi connectivity index (χ3n) is 4.50. The van der Waals surface area contributed by atoms with Gasteiger partial charge in [0, 0.05) is 9.79 Å². The largest absolute Gasteiger partial charge is 0.354 e. The average Bonchev–Trinajstić information content (AvgIpc) is 2.60. The molecule has 3 aromatic carbocycles. The van der Waals surface area contributed by atoms with E-state index in [0.717, 1.165) is 12.8 Å². The summed E-state index contributed by atoms with van der Waals surface area (Å²) in [6, 6.07) is 17.5. The van der Waals surface area contributed by atoms with E-state index >= 15 is 0 Å². The molecular formula is C20H15NS. The van der Waals surface area contributed by atoms with Gasteiger partial charge >= 0.3 is 0 Å². The SMILES string of the molecule is C1=Cc2c(ccc3c2Sc2c(ccc4ccccc24)N3)CC1. The van der Waals surface area contributed by atoms with E-state index in [4.69, 9.17) is 0 Å². The lowest BCUT2D eigenvalue weighted by Gasteiger charge is -2.26. The van der Waals surface area contributed by atoms with Crippen molar-refractivity contribution in [2.75, 3.05) is 5.32 Å². The first-order valence-corrected chi connectivity index (χ1v) is 8.51. The van der Waals surface area contributed by atoms with Crippen molar-refractivity contribution in [3.8, 4) is 0 Å². The first-order chi connectivity index (χ1) is 10.9. The van der Waals surface area contributed by atoms with Gasteiger partial charge < -0.3 is 5.32 Å². The summed E-state index contributed by atoms with van der Waals surface area (Å²) in [5.41, 5.74) is 5.33. The zero-order valence-corrected chi connectivity index (χ0v) is 12.9. The van der Waals surface area contributed by atoms with E-state index in [1.807, 2.05) is 11.8 Å². The van der Waals surface area contributed by atoms with Crippen LogP contribution in [0.5, 0.6) is 0 Å². The summed E-state index contributed by atoms with van der Waals surface area (Å²) in [7, 11) is 0. The normalized spacial score (nSPS) is 14.9. The quantitative estimate of drug-likeness (QED) is 0.427. The highest BCUT2D eigenvalue weighted by Crippen LogP contribution is 2.50. The second-order valence-corrected chi connectivity index (χ2v) is 6.87. The minimum absolute atomic E-state index is 1.15. The second-order valence-electron chi connectivity index (χ2n) is 5.85. The van der Waals surface area contributed by atoms with Crippen LogP contribution in [0.2, 0.25) is 0 Å². The molecule has 1 aliphatic carbocycles. The molecule has 0 aromatic heterocycles. The standard InChI is InChI=1S/C20H15NS/c1-3-7-15-13(5-1)9-11-17-19(15)22-20-16-8-4-2-6-14(16)10-12-18(20)21-17/h1,3-5,7-12,21H,2,6H2. The van der Waals surface area contributed by atoms with Crippen LogP contribution in [0, 0.1) is 0 Å². The van der Waals surface area contributed by atoms with Crippen molar-refractivity contribution in [1.82, 2.24) is 0 Å². The lowest BCUT2D eigenvalue weighted by atomic mass is 9.96. The molecule has 0 radical (unpaired) electrons. The molecule has 0 saturated carbocycles. The van der Waals surface area contributed by atoms with Crippen molar-refractivity contribution in [2.45, 2.75) is 22.6 Å². The Balaban J connectivity index is 1.75. The van der Waals surface area contributed by atoms with Gasteiger partial charge in [0.2, 0.25) is 0 Å². The number of aryl methyl sites for hydroxylation is 1. The van der Waals surface area contributed by atoms with E-state index in [9.17, 15) is 0 Å². The maximum absolute atomic E-state index is 3.63. The van der Waals surface area contributed by atoms with Gasteiger partial charge in [0.15, 0.2) is 0 Å². The molecule has 0 spiro atoms. The zero-order valence-electron chi connectivity index (χ0n) is 12.1. The van der Waals surface area contributed by atoms with Gasteiger partial charge in [0.25, 0.3) is 0 Å². The Kier molecular flexibility index (Phi) is 2.61. The van der Waals surface area contributed by atoms with Gasteiger partial charge in [-0.2, -0.15) is 0 Å². The molecule has 3 aromatic rings. The number of benzene rings is 3. The van der Waals surface area contributed by atoms with E-state index in [1.54, 1.807) is 0 Å². The van der Waals surface area contributed by atoms with Crippen molar-refractivity contribution in [3.63, 3.8) is 0 Å². The number of nitrogens with one attached hydrogen (secondary N) is 1. The van der Waals surface area contributed by atoms with Gasteiger partial charge in [0.05, 0.1) is 11.4 Å². The van der Waals surface area contributed by atoms with Crippen LogP contribution in [0.3, 0.4) is 0 Å². The lowest BCUT2D eigenvalue weighted by molar-refractivity contribution is 0.975. The Morgan fingerprint density at radius 1 is 0.864 bits per heavy atom. The van der Waals surface area contributed by atoms with Crippen LogP contribution in [0.15, 0.2) is 64.4 Å². The Hall–Kier alpha value is -2.19. The summed E-state index contributed by atoms with van der Waals surface area (Å²) >= 11 is 1.91. The highest BCUT2D eigenvalue weighted by molar-refractivity contribution is 8.00. The molecule has 5 rings (SSSR count). The maximum atomic E-state index is 3.63. The molecule has 0 saturated heterocycles. The summed E-state index contributed by atoms with van der Waals surface area (Å²) in [5, 5.41) is 6.27. The predicted octanol–water partition coefficient (Wildman–Crippen LogP) is 6.01. The second kappa shape index (κ2) is 4.65. The summed E-state index contributed by atoms with van der Waals surface area (Å²) < 4.78 is 0. The van der Waals surface area contributed by atoms with Crippen molar-refractivity contribution in [1.29, 1.82) is 0 Å². The summed E-state index contributed by atoms with van der Waals surface area (Å²) in [6.45, 7) is 0. The van der Waals surface area contributed by atoms with Crippen LogP contribution < -0.4 is 5.32 Å². The number of hydrogen-bond acceptors (Lipinski definition) is 2. The summed E-state index contributed by atoms with van der Waals surface area (Å²) in [6.07, 6.45) is 6.90. The third-order valence-corrected chi connectivity index (χ3v) is 5.79. The fraction of sp³-hybridized carbons (Fsp3) is 0.100. The monoisotopic (exact) mass is 301 g/mol. The molecule has 0 atom stereocenters. The van der Waals surface area contributed by atoms with Gasteiger partial charge in [-0.05, 0) is 46.9 Å². The Morgan fingerprint density at radius 3 is 2.73 bits per heavy atom. The van der Waals surface area contributed by atoms with Crippen molar-refractivity contribution < 1.29 is 0 Å². The molecule has 0 bridgehead atoms. The number of anilines is 2. The van der Waals surface area contributed by atoms with Gasteiger partial charge in [-0.25, -0.2) is 0 Å². The zero-order chi connectivity index (χ0) is 14.5. The molecule has 106 valence electrons.